The van der Waals surface area contributed by atoms with Crippen LogP contribution in [0.3, 0.4) is 0 Å². The molecule has 0 saturated carbocycles. The first-order chi connectivity index (χ1) is 13.8. The van der Waals surface area contributed by atoms with Gasteiger partial charge in [-0.15, -0.1) is 20.4 Å². The minimum Gasteiger partial charge on any atom is -0.420 e. The molecule has 1 N–H and O–H groups in total. The fourth-order valence-corrected chi connectivity index (χ4v) is 3.86. The zero-order chi connectivity index (χ0) is 18.9. The molecule has 7 nitrogen and oxygen atoms in total. The van der Waals surface area contributed by atoms with Gasteiger partial charge in [-0.2, -0.15) is 0 Å². The molecule has 3 aromatic heterocycles. The van der Waals surface area contributed by atoms with E-state index < -0.39 is 0 Å². The number of nitrogens with zero attached hydrogens (tertiary/aromatic N) is 4. The lowest BCUT2D eigenvalue weighted by Gasteiger charge is -1.97. The van der Waals surface area contributed by atoms with E-state index >= 15 is 0 Å². The topological polar surface area (TPSA) is 93.6 Å². The van der Waals surface area contributed by atoms with Gasteiger partial charge in [-0.1, -0.05) is 42.1 Å². The number of rotatable bonds is 5. The van der Waals surface area contributed by atoms with Crippen LogP contribution < -0.4 is 0 Å². The molecule has 0 saturated heterocycles. The Balaban J connectivity index is 1.31. The highest BCUT2D eigenvalue weighted by atomic mass is 79.9. The van der Waals surface area contributed by atoms with Gasteiger partial charge < -0.3 is 13.8 Å². The standard InChI is InChI=1S/C19H12BrN5O2S/c20-14-7-3-1-6-12(14)17-23-22-16(26-17)10-28-19-25-24-18(27-19)13-9-21-15-8-4-2-5-11(13)15/h1-9,21H,10H2. The summed E-state index contributed by atoms with van der Waals surface area (Å²) in [5.74, 6) is 1.86. The number of halogens is 1. The van der Waals surface area contributed by atoms with Crippen LogP contribution in [-0.2, 0) is 5.75 Å². The molecule has 9 heteroatoms. The predicted molar refractivity (Wildman–Crippen MR) is 109 cm³/mol. The molecule has 28 heavy (non-hydrogen) atoms. The molecular weight excluding hydrogens is 442 g/mol. The van der Waals surface area contributed by atoms with Crippen LogP contribution in [-0.4, -0.2) is 25.4 Å². The number of aromatic nitrogens is 5. The van der Waals surface area contributed by atoms with Gasteiger partial charge in [0.1, 0.15) is 0 Å². The summed E-state index contributed by atoms with van der Waals surface area (Å²) in [7, 11) is 0. The molecule has 0 aliphatic rings. The number of H-pyrrole nitrogens is 1. The van der Waals surface area contributed by atoms with E-state index in [0.29, 0.717) is 28.6 Å². The summed E-state index contributed by atoms with van der Waals surface area (Å²) in [6, 6.07) is 15.7. The van der Waals surface area contributed by atoms with E-state index in [1.807, 2.05) is 54.7 Å². The molecule has 0 bridgehead atoms. The van der Waals surface area contributed by atoms with Crippen LogP contribution >= 0.6 is 27.7 Å². The van der Waals surface area contributed by atoms with Crippen molar-refractivity contribution in [2.45, 2.75) is 11.0 Å². The molecule has 0 atom stereocenters. The largest absolute Gasteiger partial charge is 0.420 e. The van der Waals surface area contributed by atoms with Crippen LogP contribution in [0, 0.1) is 0 Å². The molecule has 2 aromatic carbocycles. The Labute approximate surface area is 171 Å². The Bertz CT molecular complexity index is 1260. The first kappa shape index (κ1) is 17.2. The van der Waals surface area contributed by atoms with Crippen molar-refractivity contribution in [2.75, 3.05) is 0 Å². The van der Waals surface area contributed by atoms with E-state index in [9.17, 15) is 0 Å². The zero-order valence-electron chi connectivity index (χ0n) is 14.3. The highest BCUT2D eigenvalue weighted by Gasteiger charge is 2.16. The second kappa shape index (κ2) is 7.25. The maximum atomic E-state index is 5.79. The van der Waals surface area contributed by atoms with Gasteiger partial charge in [0.2, 0.25) is 11.8 Å². The molecule has 5 rings (SSSR count). The summed E-state index contributed by atoms with van der Waals surface area (Å²) < 4.78 is 12.4. The van der Waals surface area contributed by atoms with Crippen LogP contribution in [0.1, 0.15) is 5.89 Å². The number of fused-ring (bicyclic) bond motifs is 1. The van der Waals surface area contributed by atoms with Gasteiger partial charge in [-0.3, -0.25) is 0 Å². The van der Waals surface area contributed by atoms with Crippen molar-refractivity contribution in [3.05, 3.63) is 65.1 Å². The van der Waals surface area contributed by atoms with Crippen molar-refractivity contribution in [1.29, 1.82) is 0 Å². The zero-order valence-corrected chi connectivity index (χ0v) is 16.7. The third-order valence-corrected chi connectivity index (χ3v) is 5.61. The van der Waals surface area contributed by atoms with Gasteiger partial charge in [0.25, 0.3) is 11.1 Å². The molecule has 3 heterocycles. The fourth-order valence-electron chi connectivity index (χ4n) is 2.80. The van der Waals surface area contributed by atoms with Gasteiger partial charge >= 0.3 is 0 Å². The smallest absolute Gasteiger partial charge is 0.277 e. The van der Waals surface area contributed by atoms with Gasteiger partial charge in [-0.25, -0.2) is 0 Å². The second-order valence-corrected chi connectivity index (χ2v) is 7.67. The lowest BCUT2D eigenvalue weighted by molar-refractivity contribution is 0.464. The Morgan fingerprint density at radius 2 is 1.64 bits per heavy atom. The third kappa shape index (κ3) is 3.23. The van der Waals surface area contributed by atoms with E-state index in [1.54, 1.807) is 0 Å². The van der Waals surface area contributed by atoms with Gasteiger partial charge in [-0.05, 0) is 34.1 Å². The van der Waals surface area contributed by atoms with E-state index in [2.05, 4.69) is 41.3 Å². The SMILES string of the molecule is Brc1ccccc1-c1nnc(CSc2nnc(-c3c[nH]c4ccccc34)o2)o1. The molecule has 0 spiro atoms. The number of hydrogen-bond acceptors (Lipinski definition) is 7. The van der Waals surface area contributed by atoms with Crippen LogP contribution in [0.25, 0.3) is 33.8 Å². The number of para-hydroxylation sites is 1. The Kier molecular flexibility index (Phi) is 4.46. The molecule has 0 amide bonds. The van der Waals surface area contributed by atoms with Gasteiger partial charge in [0.15, 0.2) is 0 Å². The molecular formula is C19H12BrN5O2S. The van der Waals surface area contributed by atoms with Crippen molar-refractivity contribution in [3.63, 3.8) is 0 Å². The first-order valence-corrected chi connectivity index (χ1v) is 10.2. The second-order valence-electron chi connectivity index (χ2n) is 5.89. The van der Waals surface area contributed by atoms with Crippen LogP contribution in [0.15, 0.2) is 73.3 Å². The van der Waals surface area contributed by atoms with Gasteiger partial charge in [0.05, 0.1) is 16.9 Å². The lowest BCUT2D eigenvalue weighted by atomic mass is 10.2. The van der Waals surface area contributed by atoms with E-state index in [0.717, 1.165) is 26.5 Å². The summed E-state index contributed by atoms with van der Waals surface area (Å²) in [6.07, 6.45) is 1.87. The highest BCUT2D eigenvalue weighted by molar-refractivity contribution is 9.10. The van der Waals surface area contributed by atoms with Crippen molar-refractivity contribution >= 4 is 38.6 Å². The molecule has 138 valence electrons. The maximum absolute atomic E-state index is 5.79. The summed E-state index contributed by atoms with van der Waals surface area (Å²) in [5, 5.41) is 18.0. The van der Waals surface area contributed by atoms with Crippen LogP contribution in [0.2, 0.25) is 0 Å². The van der Waals surface area contributed by atoms with Crippen molar-refractivity contribution < 1.29 is 8.83 Å². The number of hydrogen-bond donors (Lipinski definition) is 1. The average molecular weight is 454 g/mol. The Morgan fingerprint density at radius 3 is 2.57 bits per heavy atom. The number of nitrogens with one attached hydrogen (secondary N) is 1. The van der Waals surface area contributed by atoms with E-state index in [-0.39, 0.29) is 0 Å². The molecule has 5 aromatic rings. The Morgan fingerprint density at radius 1 is 0.857 bits per heavy atom. The van der Waals surface area contributed by atoms with Gasteiger partial charge in [0, 0.05) is 21.6 Å². The minimum atomic E-state index is 0.437. The number of aromatic amines is 1. The maximum Gasteiger partial charge on any atom is 0.277 e. The molecule has 0 radical (unpaired) electrons. The molecule has 0 aliphatic carbocycles. The predicted octanol–water partition coefficient (Wildman–Crippen LogP) is 5.32. The highest BCUT2D eigenvalue weighted by Crippen LogP contribution is 2.31. The number of benzene rings is 2. The quantitative estimate of drug-likeness (QED) is 0.359. The molecule has 0 unspecified atom stereocenters. The minimum absolute atomic E-state index is 0.437. The normalized spacial score (nSPS) is 11.3. The summed E-state index contributed by atoms with van der Waals surface area (Å²) in [6.45, 7) is 0. The molecule has 0 aliphatic heterocycles. The summed E-state index contributed by atoms with van der Waals surface area (Å²) in [5.41, 5.74) is 2.75. The summed E-state index contributed by atoms with van der Waals surface area (Å²) in [4.78, 5) is 3.20. The van der Waals surface area contributed by atoms with Crippen molar-refractivity contribution in [1.82, 2.24) is 25.4 Å². The number of thioether (sulfide) groups is 1. The molecule has 0 fully saturated rings. The van der Waals surface area contributed by atoms with Crippen LogP contribution in [0.4, 0.5) is 0 Å². The third-order valence-electron chi connectivity index (χ3n) is 4.12. The monoisotopic (exact) mass is 453 g/mol. The van der Waals surface area contributed by atoms with Crippen molar-refractivity contribution in [3.8, 4) is 22.9 Å². The Hall–Kier alpha value is -2.91. The van der Waals surface area contributed by atoms with Crippen molar-refractivity contribution in [2.24, 2.45) is 0 Å². The lowest BCUT2D eigenvalue weighted by Crippen LogP contribution is -1.80. The van der Waals surface area contributed by atoms with Crippen LogP contribution in [0.5, 0.6) is 0 Å². The first-order valence-electron chi connectivity index (χ1n) is 8.38. The average Bonchev–Trinajstić information content (AvgIpc) is 3.45. The summed E-state index contributed by atoms with van der Waals surface area (Å²) >= 11 is 4.84. The van der Waals surface area contributed by atoms with E-state index in [4.69, 9.17) is 8.83 Å². The van der Waals surface area contributed by atoms with E-state index in [1.165, 1.54) is 11.8 Å². The fraction of sp³-hybridized carbons (Fsp3) is 0.0526.